The standard InChI is InChI=1S/C29H36N6O2/c1-4-26(28-31-32-33-35(28)19-25-11-8-14-37-25)34(13-12-22-9-6-5-7-10-22)18-24-17-23-16-20(2)15-21(3)27(23)30-29(24)36/h5-7,9-10,15-17,25-26H,4,8,11-14,18-19H2,1-3H3,(H,30,36). The molecule has 37 heavy (non-hydrogen) atoms. The molecule has 1 fully saturated rings. The average molecular weight is 501 g/mol. The average Bonchev–Trinajstić information content (AvgIpc) is 3.57. The van der Waals surface area contributed by atoms with Gasteiger partial charge in [0.2, 0.25) is 0 Å². The first-order valence-electron chi connectivity index (χ1n) is 13.3. The van der Waals surface area contributed by atoms with Gasteiger partial charge in [-0.25, -0.2) is 4.68 Å². The molecule has 0 aliphatic carbocycles. The number of hydrogen-bond acceptors (Lipinski definition) is 6. The molecule has 2 aromatic heterocycles. The topological polar surface area (TPSA) is 88.9 Å². The largest absolute Gasteiger partial charge is 0.376 e. The summed E-state index contributed by atoms with van der Waals surface area (Å²) in [6.07, 6.45) is 3.94. The lowest BCUT2D eigenvalue weighted by Gasteiger charge is -2.30. The summed E-state index contributed by atoms with van der Waals surface area (Å²) in [5, 5.41) is 13.9. The quantitative estimate of drug-likeness (QED) is 0.345. The minimum Gasteiger partial charge on any atom is -0.376 e. The summed E-state index contributed by atoms with van der Waals surface area (Å²) in [5.74, 6) is 0.829. The third-order valence-corrected chi connectivity index (χ3v) is 7.36. The van der Waals surface area contributed by atoms with Gasteiger partial charge in [-0.15, -0.1) is 5.10 Å². The lowest BCUT2D eigenvalue weighted by molar-refractivity contribution is 0.0893. The summed E-state index contributed by atoms with van der Waals surface area (Å²) in [4.78, 5) is 18.7. The molecule has 3 heterocycles. The molecule has 2 aromatic carbocycles. The fraction of sp³-hybridized carbons (Fsp3) is 0.448. The first-order valence-corrected chi connectivity index (χ1v) is 13.3. The molecule has 1 N–H and O–H groups in total. The van der Waals surface area contributed by atoms with E-state index in [1.807, 2.05) is 23.7 Å². The Morgan fingerprint density at radius 2 is 2.03 bits per heavy atom. The molecule has 194 valence electrons. The number of rotatable bonds is 10. The number of H-pyrrole nitrogens is 1. The number of hydrogen-bond donors (Lipinski definition) is 1. The number of nitrogens with one attached hydrogen (secondary N) is 1. The highest BCUT2D eigenvalue weighted by Crippen LogP contribution is 2.26. The molecular formula is C29H36N6O2. The predicted octanol–water partition coefficient (Wildman–Crippen LogP) is 4.51. The van der Waals surface area contributed by atoms with Crippen molar-refractivity contribution in [1.82, 2.24) is 30.1 Å². The summed E-state index contributed by atoms with van der Waals surface area (Å²) in [7, 11) is 0. The number of benzene rings is 2. The smallest absolute Gasteiger partial charge is 0.252 e. The maximum atomic E-state index is 13.2. The molecule has 2 atom stereocenters. The van der Waals surface area contributed by atoms with Gasteiger partial charge in [0, 0.05) is 25.3 Å². The van der Waals surface area contributed by atoms with Crippen LogP contribution >= 0.6 is 0 Å². The van der Waals surface area contributed by atoms with E-state index in [1.54, 1.807) is 0 Å². The Kier molecular flexibility index (Phi) is 7.76. The molecule has 1 aliphatic heterocycles. The second-order valence-corrected chi connectivity index (χ2v) is 10.2. The SMILES string of the molecule is CCC(c1nnnn1CC1CCCO1)N(CCc1ccccc1)Cc1cc2cc(C)cc(C)c2[nH]c1=O. The second-order valence-electron chi connectivity index (χ2n) is 10.2. The van der Waals surface area contributed by atoms with E-state index < -0.39 is 0 Å². The van der Waals surface area contributed by atoms with Crippen LogP contribution in [-0.2, 0) is 24.2 Å². The monoisotopic (exact) mass is 500 g/mol. The molecule has 2 unspecified atom stereocenters. The van der Waals surface area contributed by atoms with Crippen molar-refractivity contribution in [3.63, 3.8) is 0 Å². The van der Waals surface area contributed by atoms with Crippen molar-refractivity contribution in [2.24, 2.45) is 0 Å². The maximum Gasteiger partial charge on any atom is 0.252 e. The summed E-state index contributed by atoms with van der Waals surface area (Å²) in [6, 6.07) is 16.7. The molecule has 8 nitrogen and oxygen atoms in total. The van der Waals surface area contributed by atoms with Gasteiger partial charge >= 0.3 is 0 Å². The van der Waals surface area contributed by atoms with E-state index in [2.05, 4.69) is 75.7 Å². The predicted molar refractivity (Wildman–Crippen MR) is 144 cm³/mol. The zero-order chi connectivity index (χ0) is 25.8. The van der Waals surface area contributed by atoms with Crippen molar-refractivity contribution in [2.75, 3.05) is 13.2 Å². The molecule has 0 spiro atoms. The minimum atomic E-state index is -0.0436. The van der Waals surface area contributed by atoms with Crippen molar-refractivity contribution < 1.29 is 4.74 Å². The third kappa shape index (κ3) is 5.81. The van der Waals surface area contributed by atoms with Gasteiger partial charge in [-0.2, -0.15) is 0 Å². The first kappa shape index (κ1) is 25.3. The normalized spacial score (nSPS) is 16.6. The number of pyridine rings is 1. The third-order valence-electron chi connectivity index (χ3n) is 7.36. The van der Waals surface area contributed by atoms with E-state index in [0.717, 1.165) is 66.7 Å². The van der Waals surface area contributed by atoms with Gasteiger partial charge in [0.05, 0.1) is 24.2 Å². The van der Waals surface area contributed by atoms with Crippen molar-refractivity contribution in [3.8, 4) is 0 Å². The van der Waals surface area contributed by atoms with Gasteiger partial charge in [0.1, 0.15) is 0 Å². The lowest BCUT2D eigenvalue weighted by atomic mass is 10.0. The Hall–Kier alpha value is -3.36. The number of aromatic nitrogens is 5. The number of nitrogens with zero attached hydrogens (tertiary/aromatic N) is 5. The van der Waals surface area contributed by atoms with Crippen LogP contribution in [0.25, 0.3) is 10.9 Å². The highest BCUT2D eigenvalue weighted by Gasteiger charge is 2.27. The van der Waals surface area contributed by atoms with E-state index in [9.17, 15) is 4.79 Å². The number of aryl methyl sites for hydroxylation is 2. The van der Waals surface area contributed by atoms with Crippen LogP contribution in [0.1, 0.15) is 60.3 Å². The molecule has 4 aromatic rings. The molecular weight excluding hydrogens is 464 g/mol. The van der Waals surface area contributed by atoms with Crippen molar-refractivity contribution in [1.29, 1.82) is 0 Å². The molecule has 0 radical (unpaired) electrons. The van der Waals surface area contributed by atoms with Gasteiger partial charge in [0.15, 0.2) is 5.82 Å². The van der Waals surface area contributed by atoms with Crippen molar-refractivity contribution in [2.45, 2.75) is 71.7 Å². The van der Waals surface area contributed by atoms with Crippen LogP contribution in [-0.4, -0.2) is 49.3 Å². The second kappa shape index (κ2) is 11.4. The van der Waals surface area contributed by atoms with Crippen LogP contribution in [0.5, 0.6) is 0 Å². The van der Waals surface area contributed by atoms with Crippen LogP contribution in [0, 0.1) is 13.8 Å². The molecule has 0 amide bonds. The van der Waals surface area contributed by atoms with E-state index in [1.165, 1.54) is 11.1 Å². The molecule has 8 heteroatoms. The van der Waals surface area contributed by atoms with Crippen molar-refractivity contribution in [3.05, 3.63) is 87.0 Å². The summed E-state index contributed by atoms with van der Waals surface area (Å²) in [6.45, 7) is 9.02. The molecule has 1 aliphatic rings. The number of ether oxygens (including phenoxy) is 1. The summed E-state index contributed by atoms with van der Waals surface area (Å²) in [5.41, 5.74) is 5.14. The summed E-state index contributed by atoms with van der Waals surface area (Å²) < 4.78 is 7.76. The fourth-order valence-corrected chi connectivity index (χ4v) is 5.50. The first-order chi connectivity index (χ1) is 18.0. The maximum absolute atomic E-state index is 13.2. The van der Waals surface area contributed by atoms with Gasteiger partial charge < -0.3 is 9.72 Å². The van der Waals surface area contributed by atoms with Crippen molar-refractivity contribution >= 4 is 10.9 Å². The highest BCUT2D eigenvalue weighted by molar-refractivity contribution is 5.82. The molecule has 1 saturated heterocycles. The van der Waals surface area contributed by atoms with Crippen LogP contribution in [0.2, 0.25) is 0 Å². The Balaban J connectivity index is 1.47. The molecule has 0 bridgehead atoms. The van der Waals surface area contributed by atoms with Crippen LogP contribution in [0.3, 0.4) is 0 Å². The minimum absolute atomic E-state index is 0.0329. The Morgan fingerprint density at radius 1 is 1.19 bits per heavy atom. The number of tetrazole rings is 1. The van der Waals surface area contributed by atoms with Gasteiger partial charge in [0.25, 0.3) is 5.56 Å². The lowest BCUT2D eigenvalue weighted by Crippen LogP contribution is -2.34. The molecule has 5 rings (SSSR count). The van der Waals surface area contributed by atoms with Gasteiger partial charge in [-0.1, -0.05) is 48.9 Å². The van der Waals surface area contributed by atoms with Gasteiger partial charge in [-0.05, 0) is 78.6 Å². The number of aromatic amines is 1. The van der Waals surface area contributed by atoms with E-state index in [4.69, 9.17) is 4.74 Å². The highest BCUT2D eigenvalue weighted by atomic mass is 16.5. The molecule has 0 saturated carbocycles. The van der Waals surface area contributed by atoms with E-state index in [-0.39, 0.29) is 17.7 Å². The zero-order valence-corrected chi connectivity index (χ0v) is 22.0. The fourth-order valence-electron chi connectivity index (χ4n) is 5.50. The Bertz CT molecular complexity index is 1390. The Morgan fingerprint density at radius 3 is 2.78 bits per heavy atom. The van der Waals surface area contributed by atoms with Crippen LogP contribution in [0.4, 0.5) is 0 Å². The van der Waals surface area contributed by atoms with Crippen LogP contribution in [0.15, 0.2) is 53.3 Å². The summed E-state index contributed by atoms with van der Waals surface area (Å²) >= 11 is 0. The van der Waals surface area contributed by atoms with Crippen LogP contribution < -0.4 is 5.56 Å². The van der Waals surface area contributed by atoms with Gasteiger partial charge in [-0.3, -0.25) is 9.69 Å². The van der Waals surface area contributed by atoms with E-state index in [0.29, 0.717) is 13.1 Å². The zero-order valence-electron chi connectivity index (χ0n) is 22.0. The Labute approximate surface area is 217 Å². The van der Waals surface area contributed by atoms with E-state index >= 15 is 0 Å². The number of fused-ring (bicyclic) bond motifs is 1.